The molecule has 0 saturated carbocycles. The van der Waals surface area contributed by atoms with Gasteiger partial charge in [0.15, 0.2) is 0 Å². The van der Waals surface area contributed by atoms with Gasteiger partial charge in [0.25, 0.3) is 0 Å². The molecule has 20 heavy (non-hydrogen) atoms. The molecule has 1 unspecified atom stereocenters. The number of ether oxygens (including phenoxy) is 2. The Kier molecular flexibility index (Phi) is 4.90. The van der Waals surface area contributed by atoms with Gasteiger partial charge in [0.05, 0.1) is 19.3 Å². The maximum absolute atomic E-state index is 5.95. The Bertz CT molecular complexity index is 391. The van der Waals surface area contributed by atoms with E-state index in [1.807, 2.05) is 0 Å². The minimum atomic E-state index is 0.307. The second kappa shape index (κ2) is 7.07. The Morgan fingerprint density at radius 2 is 1.90 bits per heavy atom. The summed E-state index contributed by atoms with van der Waals surface area (Å²) in [6.07, 6.45) is 1.44. The van der Waals surface area contributed by atoms with E-state index in [0.29, 0.717) is 6.10 Å². The topological polar surface area (TPSA) is 24.9 Å². The van der Waals surface area contributed by atoms with Crippen LogP contribution in [0.3, 0.4) is 0 Å². The predicted octanol–water partition coefficient (Wildman–Crippen LogP) is 1.61. The number of rotatable bonds is 3. The van der Waals surface area contributed by atoms with Crippen molar-refractivity contribution in [3.63, 3.8) is 0 Å². The normalized spacial score (nSPS) is 25.4. The Morgan fingerprint density at radius 1 is 1.00 bits per heavy atom. The van der Waals surface area contributed by atoms with Crippen LogP contribution in [0.15, 0.2) is 30.3 Å². The Morgan fingerprint density at radius 3 is 2.80 bits per heavy atom. The van der Waals surface area contributed by atoms with Gasteiger partial charge in [-0.05, 0) is 18.6 Å². The van der Waals surface area contributed by atoms with E-state index in [0.717, 1.165) is 59.0 Å². The van der Waals surface area contributed by atoms with Crippen LogP contribution in [0.1, 0.15) is 6.42 Å². The Balaban J connectivity index is 1.55. The molecule has 0 N–H and O–H groups in total. The number of morpholine rings is 1. The molecule has 0 aromatic heterocycles. The number of benzene rings is 1. The molecule has 4 nitrogen and oxygen atoms in total. The minimum Gasteiger partial charge on any atom is -0.380 e. The second-order valence-electron chi connectivity index (χ2n) is 5.54. The average molecular weight is 276 g/mol. The number of para-hydroxylation sites is 1. The van der Waals surface area contributed by atoms with Crippen LogP contribution in [0.5, 0.6) is 0 Å². The molecule has 2 heterocycles. The smallest absolute Gasteiger partial charge is 0.0877 e. The summed E-state index contributed by atoms with van der Waals surface area (Å²) in [5.74, 6) is 0. The fraction of sp³-hybridized carbons (Fsp3) is 0.625. The first-order valence-electron chi connectivity index (χ1n) is 7.63. The third-order valence-electron chi connectivity index (χ3n) is 4.04. The number of hydrogen-bond acceptors (Lipinski definition) is 4. The van der Waals surface area contributed by atoms with Crippen LogP contribution in [-0.2, 0) is 9.47 Å². The van der Waals surface area contributed by atoms with Crippen molar-refractivity contribution in [3.8, 4) is 0 Å². The van der Waals surface area contributed by atoms with Crippen LogP contribution in [0.4, 0.5) is 5.69 Å². The molecule has 0 spiro atoms. The molecule has 0 bridgehead atoms. The van der Waals surface area contributed by atoms with Crippen molar-refractivity contribution in [3.05, 3.63) is 30.3 Å². The first-order valence-corrected chi connectivity index (χ1v) is 7.63. The summed E-state index contributed by atoms with van der Waals surface area (Å²) in [4.78, 5) is 4.91. The molecule has 1 aromatic carbocycles. The largest absolute Gasteiger partial charge is 0.380 e. The van der Waals surface area contributed by atoms with E-state index in [-0.39, 0.29) is 0 Å². The van der Waals surface area contributed by atoms with Gasteiger partial charge in [-0.3, -0.25) is 4.90 Å². The van der Waals surface area contributed by atoms with Crippen molar-refractivity contribution < 1.29 is 9.47 Å². The van der Waals surface area contributed by atoms with Gasteiger partial charge in [0.1, 0.15) is 0 Å². The highest BCUT2D eigenvalue weighted by Crippen LogP contribution is 2.17. The van der Waals surface area contributed by atoms with Gasteiger partial charge in [0.2, 0.25) is 0 Å². The van der Waals surface area contributed by atoms with Gasteiger partial charge in [0, 0.05) is 45.0 Å². The third-order valence-corrected chi connectivity index (χ3v) is 4.04. The lowest BCUT2D eigenvalue weighted by Gasteiger charge is -2.36. The molecule has 1 aromatic rings. The molecule has 0 radical (unpaired) electrons. The lowest BCUT2D eigenvalue weighted by atomic mass is 10.2. The molecule has 4 heteroatoms. The van der Waals surface area contributed by atoms with E-state index in [1.165, 1.54) is 5.69 Å². The van der Waals surface area contributed by atoms with Gasteiger partial charge >= 0.3 is 0 Å². The van der Waals surface area contributed by atoms with E-state index in [9.17, 15) is 0 Å². The summed E-state index contributed by atoms with van der Waals surface area (Å²) in [5.41, 5.74) is 1.31. The van der Waals surface area contributed by atoms with Crippen LogP contribution in [0.25, 0.3) is 0 Å². The molecule has 3 rings (SSSR count). The fourth-order valence-electron chi connectivity index (χ4n) is 2.97. The summed E-state index contributed by atoms with van der Waals surface area (Å²) in [6, 6.07) is 10.6. The molecule has 2 fully saturated rings. The predicted molar refractivity (Wildman–Crippen MR) is 80.3 cm³/mol. The molecule has 110 valence electrons. The molecule has 2 aliphatic rings. The van der Waals surface area contributed by atoms with E-state index >= 15 is 0 Å². The third kappa shape index (κ3) is 3.72. The zero-order chi connectivity index (χ0) is 13.6. The summed E-state index contributed by atoms with van der Waals surface area (Å²) < 4.78 is 11.5. The summed E-state index contributed by atoms with van der Waals surface area (Å²) in [6.45, 7) is 7.74. The quantitative estimate of drug-likeness (QED) is 0.837. The monoisotopic (exact) mass is 276 g/mol. The van der Waals surface area contributed by atoms with Gasteiger partial charge < -0.3 is 14.4 Å². The molecule has 0 aliphatic carbocycles. The molecule has 1 atom stereocenters. The minimum absolute atomic E-state index is 0.307. The zero-order valence-electron chi connectivity index (χ0n) is 12.0. The first kappa shape index (κ1) is 13.9. The van der Waals surface area contributed by atoms with E-state index in [2.05, 4.69) is 40.1 Å². The van der Waals surface area contributed by atoms with Crippen molar-refractivity contribution in [2.75, 3.05) is 57.4 Å². The number of hydrogen-bond donors (Lipinski definition) is 0. The SMILES string of the molecule is c1ccc(N2CCOC(CN3CCCOCC3)C2)cc1. The highest BCUT2D eigenvalue weighted by molar-refractivity contribution is 5.46. The maximum Gasteiger partial charge on any atom is 0.0877 e. The van der Waals surface area contributed by atoms with Gasteiger partial charge in [-0.1, -0.05) is 18.2 Å². The lowest BCUT2D eigenvalue weighted by molar-refractivity contribution is 0.0152. The fourth-order valence-corrected chi connectivity index (χ4v) is 2.97. The molecular formula is C16H24N2O2. The summed E-state index contributed by atoms with van der Waals surface area (Å²) in [5, 5.41) is 0. The average Bonchev–Trinajstić information content (AvgIpc) is 2.77. The standard InChI is InChI=1S/C16H24N2O2/c1-2-5-15(6-3-1)18-9-12-20-16(14-18)13-17-7-4-10-19-11-8-17/h1-3,5-6,16H,4,7-14H2. The van der Waals surface area contributed by atoms with Crippen LogP contribution >= 0.6 is 0 Å². The summed E-state index contributed by atoms with van der Waals surface area (Å²) >= 11 is 0. The van der Waals surface area contributed by atoms with Crippen LogP contribution < -0.4 is 4.90 Å². The van der Waals surface area contributed by atoms with Crippen LogP contribution in [0.2, 0.25) is 0 Å². The number of nitrogens with zero attached hydrogens (tertiary/aromatic N) is 2. The van der Waals surface area contributed by atoms with E-state index in [4.69, 9.17) is 9.47 Å². The van der Waals surface area contributed by atoms with Crippen molar-refractivity contribution in [1.82, 2.24) is 4.90 Å². The molecule has 0 amide bonds. The second-order valence-corrected chi connectivity index (χ2v) is 5.54. The van der Waals surface area contributed by atoms with Crippen molar-refractivity contribution in [2.45, 2.75) is 12.5 Å². The molecular weight excluding hydrogens is 252 g/mol. The zero-order valence-corrected chi connectivity index (χ0v) is 12.0. The molecule has 2 saturated heterocycles. The van der Waals surface area contributed by atoms with Gasteiger partial charge in [-0.2, -0.15) is 0 Å². The van der Waals surface area contributed by atoms with E-state index in [1.54, 1.807) is 0 Å². The highest BCUT2D eigenvalue weighted by Gasteiger charge is 2.23. The number of anilines is 1. The highest BCUT2D eigenvalue weighted by atomic mass is 16.5. The Hall–Kier alpha value is -1.10. The maximum atomic E-state index is 5.95. The van der Waals surface area contributed by atoms with Crippen LogP contribution in [-0.4, -0.2) is 63.5 Å². The van der Waals surface area contributed by atoms with Crippen molar-refractivity contribution >= 4 is 5.69 Å². The molecule has 2 aliphatic heterocycles. The van der Waals surface area contributed by atoms with Gasteiger partial charge in [-0.15, -0.1) is 0 Å². The first-order chi connectivity index (χ1) is 9.92. The van der Waals surface area contributed by atoms with Gasteiger partial charge in [-0.25, -0.2) is 0 Å². The van der Waals surface area contributed by atoms with Crippen LogP contribution in [0, 0.1) is 0 Å². The lowest BCUT2D eigenvalue weighted by Crippen LogP contribution is -2.48. The van der Waals surface area contributed by atoms with Crippen molar-refractivity contribution in [2.24, 2.45) is 0 Å². The summed E-state index contributed by atoms with van der Waals surface area (Å²) in [7, 11) is 0. The van der Waals surface area contributed by atoms with Crippen molar-refractivity contribution in [1.29, 1.82) is 0 Å². The van der Waals surface area contributed by atoms with E-state index < -0.39 is 0 Å². The Labute approximate surface area is 121 Å².